The third-order valence-corrected chi connectivity index (χ3v) is 4.74. The predicted molar refractivity (Wildman–Crippen MR) is 90.3 cm³/mol. The lowest BCUT2D eigenvalue weighted by atomic mass is 9.96. The Morgan fingerprint density at radius 3 is 2.56 bits per heavy atom. The van der Waals surface area contributed by atoms with E-state index in [0.29, 0.717) is 45.9 Å². The molecule has 1 N–H and O–H groups in total. The first-order valence-electron chi connectivity index (χ1n) is 8.77. The van der Waals surface area contributed by atoms with E-state index in [2.05, 4.69) is 5.32 Å². The minimum absolute atomic E-state index is 0.124. The van der Waals surface area contributed by atoms with E-state index in [0.717, 1.165) is 18.4 Å². The summed E-state index contributed by atoms with van der Waals surface area (Å²) < 4.78 is 18.2. The molecular formula is C18H24FN3O3. The maximum absolute atomic E-state index is 12.9. The zero-order chi connectivity index (χ0) is 17.6. The Balaban J connectivity index is 1.50. The molecule has 2 aliphatic rings. The number of benzene rings is 1. The Morgan fingerprint density at radius 1 is 1.12 bits per heavy atom. The molecule has 0 aliphatic carbocycles. The number of likely N-dealkylation sites (tertiary alicyclic amines) is 1. The smallest absolute Gasteiger partial charge is 0.317 e. The third-order valence-electron chi connectivity index (χ3n) is 4.74. The molecule has 1 aromatic carbocycles. The SMILES string of the molecule is O=C(NCc1ccc(F)cc1)N1CCCC(C(=O)N2CCOCC2)C1. The summed E-state index contributed by atoms with van der Waals surface area (Å²) in [7, 11) is 0. The molecule has 1 unspecified atom stereocenters. The molecule has 7 heteroatoms. The predicted octanol–water partition coefficient (Wildman–Crippen LogP) is 1.61. The van der Waals surface area contributed by atoms with Crippen molar-refractivity contribution in [1.82, 2.24) is 15.1 Å². The van der Waals surface area contributed by atoms with Crippen LogP contribution in [0.15, 0.2) is 24.3 Å². The maximum atomic E-state index is 12.9. The van der Waals surface area contributed by atoms with Crippen LogP contribution in [0.4, 0.5) is 9.18 Å². The van der Waals surface area contributed by atoms with Gasteiger partial charge in [0.1, 0.15) is 5.82 Å². The van der Waals surface area contributed by atoms with Crippen molar-refractivity contribution < 1.29 is 18.7 Å². The van der Waals surface area contributed by atoms with E-state index in [-0.39, 0.29) is 23.7 Å². The van der Waals surface area contributed by atoms with E-state index in [1.165, 1.54) is 12.1 Å². The topological polar surface area (TPSA) is 61.9 Å². The molecule has 2 fully saturated rings. The first-order chi connectivity index (χ1) is 12.1. The number of rotatable bonds is 3. The highest BCUT2D eigenvalue weighted by Gasteiger charge is 2.31. The summed E-state index contributed by atoms with van der Waals surface area (Å²) >= 11 is 0. The molecule has 3 rings (SSSR count). The van der Waals surface area contributed by atoms with Gasteiger partial charge in [0.05, 0.1) is 19.1 Å². The number of urea groups is 1. The van der Waals surface area contributed by atoms with Crippen LogP contribution in [-0.2, 0) is 16.1 Å². The van der Waals surface area contributed by atoms with Gasteiger partial charge in [-0.25, -0.2) is 9.18 Å². The molecular weight excluding hydrogens is 325 g/mol. The molecule has 0 radical (unpaired) electrons. The second-order valence-electron chi connectivity index (χ2n) is 6.51. The van der Waals surface area contributed by atoms with Gasteiger partial charge >= 0.3 is 6.03 Å². The van der Waals surface area contributed by atoms with Crippen molar-refractivity contribution in [2.24, 2.45) is 5.92 Å². The second-order valence-corrected chi connectivity index (χ2v) is 6.51. The van der Waals surface area contributed by atoms with E-state index in [1.807, 2.05) is 4.90 Å². The molecule has 0 saturated carbocycles. The molecule has 0 spiro atoms. The van der Waals surface area contributed by atoms with Crippen molar-refractivity contribution in [2.45, 2.75) is 19.4 Å². The Labute approximate surface area is 146 Å². The quantitative estimate of drug-likeness (QED) is 0.902. The van der Waals surface area contributed by atoms with Gasteiger partial charge < -0.3 is 19.9 Å². The summed E-state index contributed by atoms with van der Waals surface area (Å²) in [5, 5.41) is 2.85. The van der Waals surface area contributed by atoms with Gasteiger partial charge in [-0.3, -0.25) is 4.79 Å². The zero-order valence-corrected chi connectivity index (χ0v) is 14.2. The van der Waals surface area contributed by atoms with E-state index in [9.17, 15) is 14.0 Å². The first-order valence-corrected chi connectivity index (χ1v) is 8.77. The summed E-state index contributed by atoms with van der Waals surface area (Å²) in [6, 6.07) is 5.87. The van der Waals surface area contributed by atoms with Gasteiger partial charge in [0, 0.05) is 32.7 Å². The van der Waals surface area contributed by atoms with Gasteiger partial charge in [0.15, 0.2) is 0 Å². The number of carbonyl (C=O) groups is 2. The van der Waals surface area contributed by atoms with Crippen LogP contribution in [0.2, 0.25) is 0 Å². The van der Waals surface area contributed by atoms with E-state index in [1.54, 1.807) is 17.0 Å². The minimum atomic E-state index is -0.296. The fourth-order valence-corrected chi connectivity index (χ4v) is 3.30. The van der Waals surface area contributed by atoms with Gasteiger partial charge in [0.2, 0.25) is 5.91 Å². The van der Waals surface area contributed by atoms with Gasteiger partial charge in [-0.2, -0.15) is 0 Å². The number of piperidine rings is 1. The highest BCUT2D eigenvalue weighted by atomic mass is 19.1. The van der Waals surface area contributed by atoms with Crippen LogP contribution in [0, 0.1) is 11.7 Å². The molecule has 2 heterocycles. The molecule has 0 bridgehead atoms. The molecule has 0 aromatic heterocycles. The summed E-state index contributed by atoms with van der Waals surface area (Å²) in [4.78, 5) is 28.5. The van der Waals surface area contributed by atoms with Crippen molar-refractivity contribution >= 4 is 11.9 Å². The number of hydrogen-bond donors (Lipinski definition) is 1. The fraction of sp³-hybridized carbons (Fsp3) is 0.556. The molecule has 3 amide bonds. The van der Waals surface area contributed by atoms with Crippen LogP contribution in [0.5, 0.6) is 0 Å². The summed E-state index contributed by atoms with van der Waals surface area (Å²) in [6.45, 7) is 3.88. The fourth-order valence-electron chi connectivity index (χ4n) is 3.30. The maximum Gasteiger partial charge on any atom is 0.317 e. The van der Waals surface area contributed by atoms with Crippen molar-refractivity contribution in [3.63, 3.8) is 0 Å². The number of morpholine rings is 1. The van der Waals surface area contributed by atoms with E-state index >= 15 is 0 Å². The van der Waals surface area contributed by atoms with Crippen LogP contribution in [0.3, 0.4) is 0 Å². The minimum Gasteiger partial charge on any atom is -0.378 e. The third kappa shape index (κ3) is 4.69. The lowest BCUT2D eigenvalue weighted by Crippen LogP contribution is -2.51. The number of nitrogens with one attached hydrogen (secondary N) is 1. The highest BCUT2D eigenvalue weighted by Crippen LogP contribution is 2.19. The van der Waals surface area contributed by atoms with Crippen molar-refractivity contribution in [2.75, 3.05) is 39.4 Å². The van der Waals surface area contributed by atoms with Crippen LogP contribution in [-0.4, -0.2) is 61.1 Å². The van der Waals surface area contributed by atoms with Crippen molar-refractivity contribution in [1.29, 1.82) is 0 Å². The highest BCUT2D eigenvalue weighted by molar-refractivity contribution is 5.81. The van der Waals surface area contributed by atoms with Gasteiger partial charge in [-0.05, 0) is 30.5 Å². The summed E-state index contributed by atoms with van der Waals surface area (Å²) in [6.07, 6.45) is 1.64. The number of nitrogens with zero attached hydrogens (tertiary/aromatic N) is 2. The largest absolute Gasteiger partial charge is 0.378 e. The van der Waals surface area contributed by atoms with Gasteiger partial charge in [0.25, 0.3) is 0 Å². The number of halogens is 1. The van der Waals surface area contributed by atoms with Crippen molar-refractivity contribution in [3.05, 3.63) is 35.6 Å². The molecule has 1 atom stereocenters. The Hall–Kier alpha value is -2.15. The average molecular weight is 349 g/mol. The number of ether oxygens (including phenoxy) is 1. The average Bonchev–Trinajstić information content (AvgIpc) is 2.67. The number of amides is 3. The summed E-state index contributed by atoms with van der Waals surface area (Å²) in [5.41, 5.74) is 0.840. The lowest BCUT2D eigenvalue weighted by molar-refractivity contribution is -0.141. The van der Waals surface area contributed by atoms with Crippen LogP contribution >= 0.6 is 0 Å². The summed E-state index contributed by atoms with van der Waals surface area (Å²) in [5.74, 6) is -0.307. The molecule has 25 heavy (non-hydrogen) atoms. The number of carbonyl (C=O) groups excluding carboxylic acids is 2. The Morgan fingerprint density at radius 2 is 1.84 bits per heavy atom. The lowest BCUT2D eigenvalue weighted by Gasteiger charge is -2.36. The molecule has 2 saturated heterocycles. The van der Waals surface area contributed by atoms with Crippen LogP contribution in [0.1, 0.15) is 18.4 Å². The first kappa shape index (κ1) is 17.7. The zero-order valence-electron chi connectivity index (χ0n) is 14.2. The van der Waals surface area contributed by atoms with E-state index in [4.69, 9.17) is 4.74 Å². The second kappa shape index (κ2) is 8.29. The standard InChI is InChI=1S/C18H24FN3O3/c19-16-5-3-14(4-6-16)12-20-18(24)22-7-1-2-15(13-22)17(23)21-8-10-25-11-9-21/h3-6,15H,1-2,7-13H2,(H,20,24). The van der Waals surface area contributed by atoms with Crippen LogP contribution < -0.4 is 5.32 Å². The normalized spacial score (nSPS) is 21.1. The molecule has 2 aliphatic heterocycles. The Kier molecular flexibility index (Phi) is 5.86. The van der Waals surface area contributed by atoms with Gasteiger partial charge in [-0.1, -0.05) is 12.1 Å². The Bertz CT molecular complexity index is 602. The monoisotopic (exact) mass is 349 g/mol. The van der Waals surface area contributed by atoms with Crippen LogP contribution in [0.25, 0.3) is 0 Å². The molecule has 1 aromatic rings. The van der Waals surface area contributed by atoms with Gasteiger partial charge in [-0.15, -0.1) is 0 Å². The molecule has 136 valence electrons. The number of hydrogen-bond acceptors (Lipinski definition) is 3. The van der Waals surface area contributed by atoms with E-state index < -0.39 is 0 Å². The van der Waals surface area contributed by atoms with Crippen molar-refractivity contribution in [3.8, 4) is 0 Å². The molecule has 6 nitrogen and oxygen atoms in total.